The van der Waals surface area contributed by atoms with E-state index in [-0.39, 0.29) is 4.88 Å². The quantitative estimate of drug-likeness (QED) is 0.729. The summed E-state index contributed by atoms with van der Waals surface area (Å²) in [6, 6.07) is 5.58. The molecule has 0 amide bonds. The molecule has 0 aliphatic heterocycles. The Kier molecular flexibility index (Phi) is 5.93. The number of benzene rings is 1. The van der Waals surface area contributed by atoms with Gasteiger partial charge in [-0.25, -0.2) is 9.78 Å². The van der Waals surface area contributed by atoms with Crippen molar-refractivity contribution in [2.45, 2.75) is 13.8 Å². The van der Waals surface area contributed by atoms with Crippen molar-refractivity contribution in [2.75, 3.05) is 19.8 Å². The molecule has 0 unspecified atom stereocenters. The standard InChI is InChI=1S/C15H16BrNO4S/c1-3-20-6-7-21-12-5-4-10(8-11(12)16)14-17-9(2)13(22-14)15(18)19/h4-5,8H,3,6-7H2,1-2H3,(H,18,19). The lowest BCUT2D eigenvalue weighted by Gasteiger charge is -2.09. The van der Waals surface area contributed by atoms with Crippen molar-refractivity contribution in [3.05, 3.63) is 33.2 Å². The average molecular weight is 386 g/mol. The van der Waals surface area contributed by atoms with Crippen LogP contribution in [-0.2, 0) is 4.74 Å². The molecule has 0 atom stereocenters. The summed E-state index contributed by atoms with van der Waals surface area (Å²) in [4.78, 5) is 15.7. The molecule has 5 nitrogen and oxygen atoms in total. The van der Waals surface area contributed by atoms with E-state index in [0.29, 0.717) is 30.5 Å². The normalized spacial score (nSPS) is 10.7. The van der Waals surface area contributed by atoms with Gasteiger partial charge < -0.3 is 14.6 Å². The molecule has 1 N–H and O–H groups in total. The molecule has 0 bridgehead atoms. The van der Waals surface area contributed by atoms with Gasteiger partial charge in [-0.05, 0) is 48.0 Å². The van der Waals surface area contributed by atoms with E-state index in [1.807, 2.05) is 25.1 Å². The van der Waals surface area contributed by atoms with Gasteiger partial charge in [0.25, 0.3) is 0 Å². The largest absolute Gasteiger partial charge is 0.490 e. The number of aryl methyl sites for hydroxylation is 1. The number of carboxylic acids is 1. The van der Waals surface area contributed by atoms with Gasteiger partial charge in [0.1, 0.15) is 22.2 Å². The van der Waals surface area contributed by atoms with Crippen molar-refractivity contribution < 1.29 is 19.4 Å². The number of aromatic nitrogens is 1. The predicted octanol–water partition coefficient (Wildman–Crippen LogP) is 3.99. The second-order valence-corrected chi connectivity index (χ2v) is 6.28. The van der Waals surface area contributed by atoms with E-state index in [0.717, 1.165) is 15.8 Å². The summed E-state index contributed by atoms with van der Waals surface area (Å²) >= 11 is 4.63. The van der Waals surface area contributed by atoms with Crippen LogP contribution in [0, 0.1) is 6.92 Å². The number of carbonyl (C=O) groups is 1. The number of hydrogen-bond donors (Lipinski definition) is 1. The molecule has 2 aromatic rings. The van der Waals surface area contributed by atoms with Crippen LogP contribution in [0.4, 0.5) is 0 Å². The minimum absolute atomic E-state index is 0.267. The summed E-state index contributed by atoms with van der Waals surface area (Å²) in [5.41, 5.74) is 1.38. The molecule has 22 heavy (non-hydrogen) atoms. The second kappa shape index (κ2) is 7.71. The zero-order chi connectivity index (χ0) is 16.1. The molecule has 2 rings (SSSR count). The highest BCUT2D eigenvalue weighted by molar-refractivity contribution is 9.10. The topological polar surface area (TPSA) is 68.7 Å². The summed E-state index contributed by atoms with van der Waals surface area (Å²) in [6.07, 6.45) is 0. The zero-order valence-corrected chi connectivity index (χ0v) is 14.7. The van der Waals surface area contributed by atoms with Crippen LogP contribution < -0.4 is 4.74 Å². The van der Waals surface area contributed by atoms with E-state index in [9.17, 15) is 4.79 Å². The molecule has 0 radical (unpaired) electrons. The van der Waals surface area contributed by atoms with Gasteiger partial charge in [-0.2, -0.15) is 0 Å². The maximum atomic E-state index is 11.1. The van der Waals surface area contributed by atoms with Crippen molar-refractivity contribution in [3.8, 4) is 16.3 Å². The fourth-order valence-electron chi connectivity index (χ4n) is 1.82. The third kappa shape index (κ3) is 4.06. The van der Waals surface area contributed by atoms with Gasteiger partial charge in [-0.3, -0.25) is 0 Å². The first-order valence-electron chi connectivity index (χ1n) is 6.74. The Labute approximate surface area is 141 Å². The van der Waals surface area contributed by atoms with Crippen LogP contribution in [-0.4, -0.2) is 35.9 Å². The zero-order valence-electron chi connectivity index (χ0n) is 12.3. The molecule has 0 fully saturated rings. The van der Waals surface area contributed by atoms with Gasteiger partial charge in [0.05, 0.1) is 16.8 Å². The lowest BCUT2D eigenvalue weighted by Crippen LogP contribution is -2.06. The second-order valence-electron chi connectivity index (χ2n) is 4.43. The van der Waals surface area contributed by atoms with E-state index in [1.54, 1.807) is 6.92 Å². The first-order valence-corrected chi connectivity index (χ1v) is 8.35. The van der Waals surface area contributed by atoms with E-state index in [4.69, 9.17) is 14.6 Å². The molecule has 0 aliphatic rings. The summed E-state index contributed by atoms with van der Waals surface area (Å²) in [5.74, 6) is -0.230. The average Bonchev–Trinajstić information content (AvgIpc) is 2.87. The molecule has 118 valence electrons. The summed E-state index contributed by atoms with van der Waals surface area (Å²) < 4.78 is 11.6. The number of halogens is 1. The maximum Gasteiger partial charge on any atom is 0.347 e. The minimum Gasteiger partial charge on any atom is -0.490 e. The minimum atomic E-state index is -0.948. The third-order valence-corrected chi connectivity index (χ3v) is 4.67. The van der Waals surface area contributed by atoms with Crippen LogP contribution in [0.1, 0.15) is 22.3 Å². The lowest BCUT2D eigenvalue weighted by atomic mass is 10.2. The maximum absolute atomic E-state index is 11.1. The van der Waals surface area contributed by atoms with Crippen molar-refractivity contribution in [1.29, 1.82) is 0 Å². The van der Waals surface area contributed by atoms with Crippen molar-refractivity contribution in [3.63, 3.8) is 0 Å². The molecule has 1 aromatic carbocycles. The van der Waals surface area contributed by atoms with E-state index in [2.05, 4.69) is 20.9 Å². The van der Waals surface area contributed by atoms with Crippen LogP contribution in [0.5, 0.6) is 5.75 Å². The Hall–Kier alpha value is -1.44. The number of aromatic carboxylic acids is 1. The van der Waals surface area contributed by atoms with Crippen LogP contribution in [0.25, 0.3) is 10.6 Å². The monoisotopic (exact) mass is 385 g/mol. The van der Waals surface area contributed by atoms with Crippen LogP contribution in [0.15, 0.2) is 22.7 Å². The molecule has 0 saturated carbocycles. The smallest absolute Gasteiger partial charge is 0.347 e. The molecule has 1 heterocycles. The van der Waals surface area contributed by atoms with E-state index in [1.165, 1.54) is 11.3 Å². The number of thiazole rings is 1. The van der Waals surface area contributed by atoms with Crippen molar-refractivity contribution in [1.82, 2.24) is 4.98 Å². The Bertz CT molecular complexity index is 672. The molecule has 0 saturated heterocycles. The molecule has 1 aromatic heterocycles. The van der Waals surface area contributed by atoms with Gasteiger partial charge in [0, 0.05) is 12.2 Å². The van der Waals surface area contributed by atoms with Gasteiger partial charge in [0.15, 0.2) is 0 Å². The SMILES string of the molecule is CCOCCOc1ccc(-c2nc(C)c(C(=O)O)s2)cc1Br. The number of nitrogens with zero attached hydrogens (tertiary/aromatic N) is 1. The molecular weight excluding hydrogens is 370 g/mol. The number of rotatable bonds is 7. The first-order chi connectivity index (χ1) is 10.5. The van der Waals surface area contributed by atoms with E-state index < -0.39 is 5.97 Å². The number of carboxylic acid groups (broad SMARTS) is 1. The third-order valence-electron chi connectivity index (χ3n) is 2.86. The Balaban J connectivity index is 2.15. The summed E-state index contributed by atoms with van der Waals surface area (Å²) in [5, 5.41) is 9.77. The van der Waals surface area contributed by atoms with Gasteiger partial charge >= 0.3 is 5.97 Å². The van der Waals surface area contributed by atoms with Gasteiger partial charge in [-0.1, -0.05) is 0 Å². The fraction of sp³-hybridized carbons (Fsp3) is 0.333. The van der Waals surface area contributed by atoms with Gasteiger partial charge in [0.2, 0.25) is 0 Å². The Morgan fingerprint density at radius 2 is 2.18 bits per heavy atom. The van der Waals surface area contributed by atoms with Crippen molar-refractivity contribution in [2.24, 2.45) is 0 Å². The lowest BCUT2D eigenvalue weighted by molar-refractivity contribution is 0.0701. The molecule has 7 heteroatoms. The predicted molar refractivity (Wildman–Crippen MR) is 88.9 cm³/mol. The van der Waals surface area contributed by atoms with Crippen LogP contribution >= 0.6 is 27.3 Å². The number of hydrogen-bond acceptors (Lipinski definition) is 5. The molecular formula is C15H16BrNO4S. The Morgan fingerprint density at radius 3 is 2.77 bits per heavy atom. The summed E-state index contributed by atoms with van der Waals surface area (Å²) in [6.45, 7) is 5.32. The van der Waals surface area contributed by atoms with Crippen molar-refractivity contribution >= 4 is 33.2 Å². The Morgan fingerprint density at radius 1 is 1.41 bits per heavy atom. The van der Waals surface area contributed by atoms with E-state index >= 15 is 0 Å². The molecule has 0 aliphatic carbocycles. The highest BCUT2D eigenvalue weighted by atomic mass is 79.9. The molecule has 0 spiro atoms. The highest BCUT2D eigenvalue weighted by Gasteiger charge is 2.15. The van der Waals surface area contributed by atoms with Crippen LogP contribution in [0.2, 0.25) is 0 Å². The summed E-state index contributed by atoms with van der Waals surface area (Å²) in [7, 11) is 0. The highest BCUT2D eigenvalue weighted by Crippen LogP contribution is 2.33. The number of ether oxygens (including phenoxy) is 2. The fourth-order valence-corrected chi connectivity index (χ4v) is 3.22. The van der Waals surface area contributed by atoms with Crippen LogP contribution in [0.3, 0.4) is 0 Å². The first kappa shape index (κ1) is 16.9. The van der Waals surface area contributed by atoms with Gasteiger partial charge in [-0.15, -0.1) is 11.3 Å².